The van der Waals surface area contributed by atoms with Crippen LogP contribution in [0.3, 0.4) is 0 Å². The van der Waals surface area contributed by atoms with Gasteiger partial charge in [0.05, 0.1) is 5.60 Å². The lowest BCUT2D eigenvalue weighted by Gasteiger charge is -2.18. The summed E-state index contributed by atoms with van der Waals surface area (Å²) in [5.74, 6) is 0. The van der Waals surface area contributed by atoms with Crippen LogP contribution in [0.4, 0.5) is 0 Å². The number of allylic oxidation sites excluding steroid dienone is 2. The number of hydrogen-bond acceptors (Lipinski definition) is 1. The topological polar surface area (TPSA) is 20.2 Å². The minimum absolute atomic E-state index is 0.614. The summed E-state index contributed by atoms with van der Waals surface area (Å²) in [6, 6.07) is 0. The molecule has 0 amide bonds. The van der Waals surface area contributed by atoms with Crippen LogP contribution in [-0.4, -0.2) is 10.7 Å². The van der Waals surface area contributed by atoms with Gasteiger partial charge in [0.15, 0.2) is 0 Å². The summed E-state index contributed by atoms with van der Waals surface area (Å²) < 4.78 is 0. The monoisotopic (exact) mass is 152 g/mol. The van der Waals surface area contributed by atoms with Crippen LogP contribution in [0.2, 0.25) is 0 Å². The van der Waals surface area contributed by atoms with Gasteiger partial charge in [-0.05, 0) is 13.8 Å². The third-order valence-corrected chi connectivity index (χ3v) is 1.48. The summed E-state index contributed by atoms with van der Waals surface area (Å²) in [7, 11) is 0. The molecule has 62 valence electrons. The van der Waals surface area contributed by atoms with Gasteiger partial charge >= 0.3 is 0 Å². The van der Waals surface area contributed by atoms with Gasteiger partial charge in [-0.3, -0.25) is 0 Å². The van der Waals surface area contributed by atoms with Crippen molar-refractivity contribution in [2.75, 3.05) is 0 Å². The summed E-state index contributed by atoms with van der Waals surface area (Å²) in [5, 5.41) is 9.53. The molecule has 0 spiro atoms. The van der Waals surface area contributed by atoms with Crippen molar-refractivity contribution >= 4 is 0 Å². The molecule has 0 bridgehead atoms. The Hall–Kier alpha value is -0.820. The molecule has 0 heterocycles. The molecule has 0 aliphatic rings. The highest BCUT2D eigenvalue weighted by atomic mass is 16.3. The van der Waals surface area contributed by atoms with E-state index in [0.717, 1.165) is 5.57 Å². The van der Waals surface area contributed by atoms with E-state index in [2.05, 4.69) is 13.2 Å². The van der Waals surface area contributed by atoms with Crippen molar-refractivity contribution < 1.29 is 5.11 Å². The minimum atomic E-state index is -0.788. The molecule has 0 rings (SSSR count). The minimum Gasteiger partial charge on any atom is -0.386 e. The van der Waals surface area contributed by atoms with Crippen molar-refractivity contribution in [1.29, 1.82) is 0 Å². The van der Waals surface area contributed by atoms with Gasteiger partial charge in [0, 0.05) is 6.42 Å². The fourth-order valence-electron chi connectivity index (χ4n) is 0.897. The summed E-state index contributed by atoms with van der Waals surface area (Å²) in [6.07, 6.45) is 5.77. The van der Waals surface area contributed by atoms with Crippen LogP contribution in [-0.2, 0) is 0 Å². The second-order valence-corrected chi connectivity index (χ2v) is 2.99. The molecule has 1 unspecified atom stereocenters. The van der Waals surface area contributed by atoms with Crippen molar-refractivity contribution in [3.63, 3.8) is 0 Å². The molecule has 11 heavy (non-hydrogen) atoms. The van der Waals surface area contributed by atoms with Gasteiger partial charge in [0.1, 0.15) is 0 Å². The van der Waals surface area contributed by atoms with Crippen LogP contribution < -0.4 is 0 Å². The lowest BCUT2D eigenvalue weighted by Crippen LogP contribution is -2.20. The zero-order valence-corrected chi connectivity index (χ0v) is 7.30. The van der Waals surface area contributed by atoms with E-state index in [1.54, 1.807) is 19.1 Å². The van der Waals surface area contributed by atoms with Crippen LogP contribution in [0, 0.1) is 0 Å². The highest BCUT2D eigenvalue weighted by Gasteiger charge is 2.14. The lowest BCUT2D eigenvalue weighted by molar-refractivity contribution is 0.112. The van der Waals surface area contributed by atoms with E-state index in [4.69, 9.17) is 0 Å². The predicted molar refractivity (Wildman–Crippen MR) is 49.4 cm³/mol. The second-order valence-electron chi connectivity index (χ2n) is 2.99. The average molecular weight is 152 g/mol. The lowest BCUT2D eigenvalue weighted by atomic mass is 9.97. The van der Waals surface area contributed by atoms with Gasteiger partial charge in [0.25, 0.3) is 0 Å². The fraction of sp³-hybridized carbons (Fsp3) is 0.400. The maximum absolute atomic E-state index is 9.53. The Bertz CT molecular complexity index is 175. The van der Waals surface area contributed by atoms with Gasteiger partial charge in [0.2, 0.25) is 0 Å². The Morgan fingerprint density at radius 1 is 1.55 bits per heavy atom. The fourth-order valence-corrected chi connectivity index (χ4v) is 0.897. The number of hydrogen-bond donors (Lipinski definition) is 1. The molecule has 0 aromatic heterocycles. The number of rotatable bonds is 4. The van der Waals surface area contributed by atoms with Crippen molar-refractivity contribution in [3.8, 4) is 0 Å². The van der Waals surface area contributed by atoms with Gasteiger partial charge in [-0.25, -0.2) is 0 Å². The van der Waals surface area contributed by atoms with Gasteiger partial charge in [-0.15, -0.1) is 6.58 Å². The Labute approximate surface area is 68.7 Å². The van der Waals surface area contributed by atoms with E-state index >= 15 is 0 Å². The average Bonchev–Trinajstić information content (AvgIpc) is 1.87. The zero-order chi connectivity index (χ0) is 8.91. The normalized spacial score (nSPS) is 17.2. The summed E-state index contributed by atoms with van der Waals surface area (Å²) >= 11 is 0. The van der Waals surface area contributed by atoms with E-state index < -0.39 is 5.60 Å². The van der Waals surface area contributed by atoms with Gasteiger partial charge in [-0.1, -0.05) is 30.4 Å². The van der Waals surface area contributed by atoms with Crippen LogP contribution >= 0.6 is 0 Å². The van der Waals surface area contributed by atoms with Gasteiger partial charge in [-0.2, -0.15) is 0 Å². The van der Waals surface area contributed by atoms with Crippen molar-refractivity contribution in [2.45, 2.75) is 25.9 Å². The first-order chi connectivity index (χ1) is 5.02. The molecular formula is C10H16O. The highest BCUT2D eigenvalue weighted by molar-refractivity contribution is 5.12. The van der Waals surface area contributed by atoms with E-state index in [-0.39, 0.29) is 0 Å². The SMILES string of the molecule is C=CC=C(C)CC(C)(O)C=C. The van der Waals surface area contributed by atoms with Gasteiger partial charge < -0.3 is 5.11 Å². The molecule has 0 fully saturated rings. The van der Waals surface area contributed by atoms with Crippen molar-refractivity contribution in [1.82, 2.24) is 0 Å². The molecule has 0 saturated heterocycles. The first-order valence-electron chi connectivity index (χ1n) is 3.66. The maximum atomic E-state index is 9.53. The Morgan fingerprint density at radius 3 is 2.45 bits per heavy atom. The third-order valence-electron chi connectivity index (χ3n) is 1.48. The third kappa shape index (κ3) is 4.57. The molecule has 1 atom stereocenters. The van der Waals surface area contributed by atoms with Crippen LogP contribution in [0.1, 0.15) is 20.3 Å². The van der Waals surface area contributed by atoms with E-state index in [1.807, 2.05) is 13.0 Å². The molecule has 1 N–H and O–H groups in total. The molecule has 0 saturated carbocycles. The quantitative estimate of drug-likeness (QED) is 0.484. The summed E-state index contributed by atoms with van der Waals surface area (Å²) in [5.41, 5.74) is 0.314. The van der Waals surface area contributed by atoms with E-state index in [9.17, 15) is 5.11 Å². The molecule has 0 aromatic rings. The molecule has 0 aliphatic carbocycles. The van der Waals surface area contributed by atoms with E-state index in [1.165, 1.54) is 0 Å². The van der Waals surface area contributed by atoms with Crippen LogP contribution in [0.25, 0.3) is 0 Å². The van der Waals surface area contributed by atoms with Crippen molar-refractivity contribution in [3.05, 3.63) is 37.0 Å². The number of aliphatic hydroxyl groups is 1. The largest absolute Gasteiger partial charge is 0.386 e. The molecule has 0 radical (unpaired) electrons. The molecule has 0 aliphatic heterocycles. The first-order valence-corrected chi connectivity index (χ1v) is 3.66. The van der Waals surface area contributed by atoms with Crippen LogP contribution in [0.5, 0.6) is 0 Å². The summed E-state index contributed by atoms with van der Waals surface area (Å²) in [4.78, 5) is 0. The van der Waals surface area contributed by atoms with Crippen LogP contribution in [0.15, 0.2) is 37.0 Å². The molecular weight excluding hydrogens is 136 g/mol. The molecule has 1 nitrogen and oxygen atoms in total. The Morgan fingerprint density at radius 2 is 2.09 bits per heavy atom. The summed E-state index contributed by atoms with van der Waals surface area (Å²) in [6.45, 7) is 10.8. The predicted octanol–water partition coefficient (Wildman–Crippen LogP) is 2.45. The Balaban J connectivity index is 4.13. The smallest absolute Gasteiger partial charge is 0.0834 e. The standard InChI is InChI=1S/C10H16O/c1-5-7-9(3)8-10(4,11)6-2/h5-7,11H,1-2,8H2,3-4H3. The Kier molecular flexibility index (Phi) is 3.83. The van der Waals surface area contributed by atoms with E-state index in [0.29, 0.717) is 6.42 Å². The zero-order valence-electron chi connectivity index (χ0n) is 7.30. The second kappa shape index (κ2) is 4.14. The molecule has 1 heteroatoms. The maximum Gasteiger partial charge on any atom is 0.0834 e. The first kappa shape index (κ1) is 10.2. The highest BCUT2D eigenvalue weighted by Crippen LogP contribution is 2.16. The molecule has 0 aromatic carbocycles. The van der Waals surface area contributed by atoms with Crippen molar-refractivity contribution in [2.24, 2.45) is 0 Å².